The number of benzene rings is 1. The van der Waals surface area contributed by atoms with Crippen molar-refractivity contribution in [3.63, 3.8) is 0 Å². The van der Waals surface area contributed by atoms with Crippen LogP contribution >= 0.6 is 0 Å². The van der Waals surface area contributed by atoms with Crippen molar-refractivity contribution in [2.24, 2.45) is 5.92 Å². The predicted octanol–water partition coefficient (Wildman–Crippen LogP) is 5.68. The molecule has 0 spiro atoms. The number of fused-ring (bicyclic) bond motifs is 3. The van der Waals surface area contributed by atoms with Gasteiger partial charge in [-0.15, -0.1) is 10.2 Å². The van der Waals surface area contributed by atoms with Crippen molar-refractivity contribution in [2.45, 2.75) is 75.7 Å². The quantitative estimate of drug-likeness (QED) is 0.438. The van der Waals surface area contributed by atoms with Crippen molar-refractivity contribution in [3.05, 3.63) is 65.4 Å². The molecule has 2 aliphatic carbocycles. The maximum Gasteiger partial charge on any atom is 0.416 e. The smallest absolute Gasteiger partial charge is 0.416 e. The van der Waals surface area contributed by atoms with E-state index in [-0.39, 0.29) is 18.1 Å². The number of nitrogens with zero attached hydrogens (tertiary/aromatic N) is 4. The molecule has 36 heavy (non-hydrogen) atoms. The lowest BCUT2D eigenvalue weighted by molar-refractivity contribution is -0.137. The third-order valence-corrected chi connectivity index (χ3v) is 7.49. The van der Waals surface area contributed by atoms with Crippen LogP contribution in [0.4, 0.5) is 13.2 Å². The third-order valence-electron chi connectivity index (χ3n) is 7.49. The number of ether oxygens (including phenoxy) is 2. The molecule has 1 aliphatic heterocycles. The molecule has 1 aromatic carbocycles. The summed E-state index contributed by atoms with van der Waals surface area (Å²) in [5.74, 6) is 2.95. The highest BCUT2D eigenvalue weighted by molar-refractivity contribution is 5.48. The Bertz CT molecular complexity index is 1200. The fourth-order valence-electron chi connectivity index (χ4n) is 5.35. The van der Waals surface area contributed by atoms with Crippen LogP contribution in [-0.4, -0.2) is 38.6 Å². The first-order chi connectivity index (χ1) is 17.4. The second-order valence-electron chi connectivity index (χ2n) is 10.2. The lowest BCUT2D eigenvalue weighted by Crippen LogP contribution is -2.25. The van der Waals surface area contributed by atoms with E-state index in [1.54, 1.807) is 12.3 Å². The lowest BCUT2D eigenvalue weighted by atomic mass is 9.86. The zero-order valence-electron chi connectivity index (χ0n) is 20.0. The highest BCUT2D eigenvalue weighted by Crippen LogP contribution is 2.39. The molecule has 1 unspecified atom stereocenters. The Balaban J connectivity index is 1.26. The van der Waals surface area contributed by atoms with Gasteiger partial charge in [0.15, 0.2) is 0 Å². The number of hydrogen-bond donors (Lipinski definition) is 0. The number of pyridine rings is 1. The van der Waals surface area contributed by atoms with Crippen LogP contribution in [0.2, 0.25) is 0 Å². The summed E-state index contributed by atoms with van der Waals surface area (Å²) in [6.45, 7) is 0.653. The summed E-state index contributed by atoms with van der Waals surface area (Å²) in [5, 5.41) is 9.08. The molecule has 6 rings (SSSR count). The van der Waals surface area contributed by atoms with Gasteiger partial charge in [-0.1, -0.05) is 6.07 Å². The minimum atomic E-state index is -4.39. The molecule has 0 amide bonds. The maximum atomic E-state index is 13.5. The van der Waals surface area contributed by atoms with E-state index in [9.17, 15) is 13.2 Å². The molecule has 0 radical (unpaired) electrons. The molecule has 3 aliphatic rings. The average molecular weight is 499 g/mol. The largest absolute Gasteiger partial charge is 0.474 e. The van der Waals surface area contributed by atoms with Crippen molar-refractivity contribution in [1.82, 2.24) is 19.7 Å². The van der Waals surface area contributed by atoms with Crippen LogP contribution in [0.1, 0.15) is 67.2 Å². The second-order valence-corrected chi connectivity index (χ2v) is 10.2. The van der Waals surface area contributed by atoms with Gasteiger partial charge in [0.25, 0.3) is 0 Å². The molecular formula is C27H29F3N4O2. The standard InChI is InChI=1S/C27H29F3N4O2/c28-27(29,30)20-8-11-23-19(13-20)14-22(35-16-17-4-5-17)15-24-32-33-26(34(23)24)18-6-9-21(10-7-18)36-25-3-1-2-12-31-25/h1-3,8,11-13,17-18,21-22H,4-7,9-10,14-16H2/t18-,21-,22?. The maximum absolute atomic E-state index is 13.5. The highest BCUT2D eigenvalue weighted by Gasteiger charge is 2.35. The van der Waals surface area contributed by atoms with E-state index in [0.29, 0.717) is 36.8 Å². The number of aromatic nitrogens is 4. The van der Waals surface area contributed by atoms with E-state index >= 15 is 0 Å². The van der Waals surface area contributed by atoms with Crippen LogP contribution in [0.25, 0.3) is 5.69 Å². The van der Waals surface area contributed by atoms with Crippen LogP contribution in [0.5, 0.6) is 5.88 Å². The molecule has 6 nitrogen and oxygen atoms in total. The molecule has 0 N–H and O–H groups in total. The van der Waals surface area contributed by atoms with E-state index in [1.807, 2.05) is 22.8 Å². The Kier molecular flexibility index (Phi) is 6.19. The van der Waals surface area contributed by atoms with Gasteiger partial charge in [0.05, 0.1) is 17.4 Å². The van der Waals surface area contributed by atoms with Gasteiger partial charge >= 0.3 is 6.18 Å². The van der Waals surface area contributed by atoms with Crippen LogP contribution in [-0.2, 0) is 23.8 Å². The van der Waals surface area contributed by atoms with Gasteiger partial charge < -0.3 is 9.47 Å². The molecule has 2 aromatic heterocycles. The summed E-state index contributed by atoms with van der Waals surface area (Å²) in [6.07, 6.45) is 3.94. The minimum Gasteiger partial charge on any atom is -0.474 e. The van der Waals surface area contributed by atoms with Crippen LogP contribution in [0.3, 0.4) is 0 Å². The van der Waals surface area contributed by atoms with Gasteiger partial charge in [-0.05, 0) is 74.3 Å². The average Bonchev–Trinajstić information content (AvgIpc) is 3.64. The van der Waals surface area contributed by atoms with Gasteiger partial charge in [-0.2, -0.15) is 13.2 Å². The molecule has 190 valence electrons. The molecular weight excluding hydrogens is 469 g/mol. The van der Waals surface area contributed by atoms with E-state index < -0.39 is 11.7 Å². The fraction of sp³-hybridized carbons (Fsp3) is 0.519. The van der Waals surface area contributed by atoms with Gasteiger partial charge in [-0.3, -0.25) is 4.57 Å². The van der Waals surface area contributed by atoms with Gasteiger partial charge in [0, 0.05) is 37.6 Å². The van der Waals surface area contributed by atoms with Gasteiger partial charge in [-0.25, -0.2) is 4.98 Å². The molecule has 1 atom stereocenters. The van der Waals surface area contributed by atoms with E-state index in [4.69, 9.17) is 9.47 Å². The van der Waals surface area contributed by atoms with Crippen LogP contribution in [0, 0.1) is 5.92 Å². The van der Waals surface area contributed by atoms with Crippen molar-refractivity contribution < 1.29 is 22.6 Å². The monoisotopic (exact) mass is 498 g/mol. The van der Waals surface area contributed by atoms with E-state index in [1.165, 1.54) is 6.07 Å². The van der Waals surface area contributed by atoms with Crippen molar-refractivity contribution in [1.29, 1.82) is 0 Å². The van der Waals surface area contributed by atoms with Crippen molar-refractivity contribution in [3.8, 4) is 11.6 Å². The normalized spacial score (nSPS) is 24.0. The predicted molar refractivity (Wildman–Crippen MR) is 126 cm³/mol. The van der Waals surface area contributed by atoms with Gasteiger partial charge in [0.1, 0.15) is 17.8 Å². The van der Waals surface area contributed by atoms with Crippen LogP contribution in [0.15, 0.2) is 42.6 Å². The molecule has 3 heterocycles. The number of rotatable bonds is 6. The Hall–Kier alpha value is -2.94. The number of alkyl halides is 3. The van der Waals surface area contributed by atoms with Gasteiger partial charge in [0.2, 0.25) is 5.88 Å². The van der Waals surface area contributed by atoms with E-state index in [0.717, 1.165) is 61.9 Å². The first-order valence-electron chi connectivity index (χ1n) is 12.8. The Morgan fingerprint density at radius 2 is 1.75 bits per heavy atom. The summed E-state index contributed by atoms with van der Waals surface area (Å²) in [4.78, 5) is 4.26. The third kappa shape index (κ3) is 4.98. The second kappa shape index (κ2) is 9.50. The lowest BCUT2D eigenvalue weighted by Gasteiger charge is -2.28. The van der Waals surface area contributed by atoms with E-state index in [2.05, 4.69) is 15.2 Å². The Morgan fingerprint density at radius 3 is 2.47 bits per heavy atom. The Morgan fingerprint density at radius 1 is 0.917 bits per heavy atom. The molecule has 0 bridgehead atoms. The van der Waals surface area contributed by atoms with Crippen molar-refractivity contribution in [2.75, 3.05) is 6.61 Å². The van der Waals surface area contributed by atoms with Crippen molar-refractivity contribution >= 4 is 0 Å². The summed E-state index contributed by atoms with van der Waals surface area (Å²) >= 11 is 0. The first kappa shape index (κ1) is 23.5. The minimum absolute atomic E-state index is 0.0875. The first-order valence-corrected chi connectivity index (χ1v) is 12.8. The molecule has 0 saturated heterocycles. The highest BCUT2D eigenvalue weighted by atomic mass is 19.4. The molecule has 2 fully saturated rings. The zero-order chi connectivity index (χ0) is 24.7. The number of hydrogen-bond acceptors (Lipinski definition) is 5. The fourth-order valence-corrected chi connectivity index (χ4v) is 5.35. The zero-order valence-corrected chi connectivity index (χ0v) is 20.0. The molecule has 9 heteroatoms. The summed E-state index contributed by atoms with van der Waals surface area (Å²) < 4.78 is 54.8. The SMILES string of the molecule is FC(F)(F)c1ccc2c(c1)CC(OCC1CC1)Cc1nnc([C@H]3CC[C@H](Oc4ccccn4)CC3)n1-2. The summed E-state index contributed by atoms with van der Waals surface area (Å²) in [5.41, 5.74) is 0.743. The number of halogens is 3. The Labute approximate surface area is 207 Å². The molecule has 2 saturated carbocycles. The topological polar surface area (TPSA) is 62.1 Å². The summed E-state index contributed by atoms with van der Waals surface area (Å²) in [7, 11) is 0. The van der Waals surface area contributed by atoms with Crippen LogP contribution < -0.4 is 4.74 Å². The molecule has 3 aromatic rings. The summed E-state index contributed by atoms with van der Waals surface area (Å²) in [6, 6.07) is 9.64.